The van der Waals surface area contributed by atoms with Gasteiger partial charge in [-0.05, 0) is 18.2 Å². The predicted octanol–water partition coefficient (Wildman–Crippen LogP) is -0.0749. The molecule has 19 heavy (non-hydrogen) atoms. The summed E-state index contributed by atoms with van der Waals surface area (Å²) in [5.74, 6) is -1.35. The Morgan fingerprint density at radius 2 is 2.05 bits per heavy atom. The highest BCUT2D eigenvalue weighted by Gasteiger charge is 2.53. The van der Waals surface area contributed by atoms with Gasteiger partial charge in [0, 0.05) is 11.6 Å². The molecule has 1 aliphatic heterocycles. The van der Waals surface area contributed by atoms with Crippen molar-refractivity contribution in [3.05, 3.63) is 41.6 Å². The SMILES string of the molecule is O=C(NC1=CC(=O)[C@H]2O[C@H]2C1=O)c1cccc(O)c1. The Balaban J connectivity index is 1.80. The number of carbonyl (C=O) groups excluding carboxylic acids is 3. The van der Waals surface area contributed by atoms with Crippen LogP contribution in [0.4, 0.5) is 0 Å². The van der Waals surface area contributed by atoms with Gasteiger partial charge in [0.05, 0.1) is 5.70 Å². The largest absolute Gasteiger partial charge is 0.508 e. The van der Waals surface area contributed by atoms with E-state index in [0.717, 1.165) is 6.08 Å². The van der Waals surface area contributed by atoms with Gasteiger partial charge < -0.3 is 15.2 Å². The molecule has 3 rings (SSSR count). The van der Waals surface area contributed by atoms with Gasteiger partial charge in [-0.15, -0.1) is 0 Å². The lowest BCUT2D eigenvalue weighted by molar-refractivity contribution is -0.119. The zero-order valence-electron chi connectivity index (χ0n) is 9.62. The average molecular weight is 259 g/mol. The highest BCUT2D eigenvalue weighted by molar-refractivity contribution is 6.17. The molecule has 1 heterocycles. The molecule has 0 spiro atoms. The number of nitrogens with one attached hydrogen (secondary N) is 1. The fourth-order valence-corrected chi connectivity index (χ4v) is 1.92. The van der Waals surface area contributed by atoms with Crippen LogP contribution in [0.1, 0.15) is 10.4 Å². The number of carbonyl (C=O) groups is 3. The number of fused-ring (bicyclic) bond motifs is 1. The van der Waals surface area contributed by atoms with Gasteiger partial charge in [0.15, 0.2) is 18.0 Å². The van der Waals surface area contributed by atoms with E-state index in [0.29, 0.717) is 0 Å². The maximum atomic E-state index is 11.9. The summed E-state index contributed by atoms with van der Waals surface area (Å²) in [6.45, 7) is 0. The average Bonchev–Trinajstić information content (AvgIpc) is 3.16. The summed E-state index contributed by atoms with van der Waals surface area (Å²) in [6.07, 6.45) is -0.345. The van der Waals surface area contributed by atoms with E-state index in [1.807, 2.05) is 0 Å². The second kappa shape index (κ2) is 4.03. The van der Waals surface area contributed by atoms with Crippen LogP contribution in [0.15, 0.2) is 36.0 Å². The number of ether oxygens (including phenoxy) is 1. The molecule has 1 aliphatic carbocycles. The Bertz CT molecular complexity index is 634. The van der Waals surface area contributed by atoms with Crippen LogP contribution in [0, 0.1) is 0 Å². The van der Waals surface area contributed by atoms with Gasteiger partial charge in [-0.25, -0.2) is 0 Å². The summed E-state index contributed by atoms with van der Waals surface area (Å²) >= 11 is 0. The molecule has 0 radical (unpaired) electrons. The van der Waals surface area contributed by atoms with Crippen LogP contribution < -0.4 is 5.32 Å². The second-order valence-corrected chi connectivity index (χ2v) is 4.31. The number of amides is 1. The van der Waals surface area contributed by atoms with Crippen molar-refractivity contribution in [2.75, 3.05) is 0 Å². The van der Waals surface area contributed by atoms with E-state index in [1.54, 1.807) is 0 Å². The molecule has 0 bridgehead atoms. The zero-order chi connectivity index (χ0) is 13.6. The molecule has 0 unspecified atom stereocenters. The first kappa shape index (κ1) is 11.6. The molecular weight excluding hydrogens is 250 g/mol. The lowest BCUT2D eigenvalue weighted by atomic mass is 10.0. The first-order chi connectivity index (χ1) is 9.06. The Hall–Kier alpha value is -2.47. The minimum Gasteiger partial charge on any atom is -0.508 e. The quantitative estimate of drug-likeness (QED) is 0.724. The van der Waals surface area contributed by atoms with Gasteiger partial charge in [-0.1, -0.05) is 6.07 Å². The Morgan fingerprint density at radius 3 is 2.79 bits per heavy atom. The van der Waals surface area contributed by atoms with Crippen LogP contribution in [0.3, 0.4) is 0 Å². The molecule has 2 N–H and O–H groups in total. The van der Waals surface area contributed by atoms with Crippen molar-refractivity contribution in [3.8, 4) is 5.75 Å². The minimum atomic E-state index is -0.753. The first-order valence-corrected chi connectivity index (χ1v) is 5.62. The molecule has 1 aromatic rings. The molecule has 6 nitrogen and oxygen atoms in total. The third kappa shape index (κ3) is 2.02. The molecular formula is C13H9NO5. The molecule has 1 aromatic carbocycles. The number of rotatable bonds is 2. The van der Waals surface area contributed by atoms with E-state index in [-0.39, 0.29) is 22.8 Å². The van der Waals surface area contributed by atoms with E-state index in [4.69, 9.17) is 4.74 Å². The summed E-state index contributed by atoms with van der Waals surface area (Å²) in [6, 6.07) is 5.68. The number of phenols is 1. The molecule has 0 saturated carbocycles. The molecule has 6 heteroatoms. The lowest BCUT2D eigenvalue weighted by Gasteiger charge is -2.10. The van der Waals surface area contributed by atoms with E-state index in [1.165, 1.54) is 24.3 Å². The molecule has 0 aromatic heterocycles. The van der Waals surface area contributed by atoms with Crippen LogP contribution in [0.2, 0.25) is 0 Å². The number of phenolic OH excluding ortho intramolecular Hbond substituents is 1. The highest BCUT2D eigenvalue weighted by Crippen LogP contribution is 2.30. The van der Waals surface area contributed by atoms with Gasteiger partial charge in [-0.3, -0.25) is 14.4 Å². The smallest absolute Gasteiger partial charge is 0.255 e. The van der Waals surface area contributed by atoms with E-state index in [9.17, 15) is 19.5 Å². The van der Waals surface area contributed by atoms with Gasteiger partial charge in [0.2, 0.25) is 5.78 Å². The van der Waals surface area contributed by atoms with Crippen molar-refractivity contribution < 1.29 is 24.2 Å². The van der Waals surface area contributed by atoms with Crippen LogP contribution >= 0.6 is 0 Å². The Kier molecular flexibility index (Phi) is 2.46. The predicted molar refractivity (Wildman–Crippen MR) is 62.3 cm³/mol. The van der Waals surface area contributed by atoms with Gasteiger partial charge in [-0.2, -0.15) is 0 Å². The number of hydrogen-bond donors (Lipinski definition) is 2. The van der Waals surface area contributed by atoms with Crippen molar-refractivity contribution in [1.82, 2.24) is 5.32 Å². The minimum absolute atomic E-state index is 0.0572. The summed E-state index contributed by atoms with van der Waals surface area (Å²) in [4.78, 5) is 35.0. The number of benzene rings is 1. The number of epoxide rings is 1. The van der Waals surface area contributed by atoms with Crippen LogP contribution in [-0.4, -0.2) is 34.8 Å². The molecule has 1 saturated heterocycles. The first-order valence-electron chi connectivity index (χ1n) is 5.62. The molecule has 2 atom stereocenters. The number of ketones is 2. The lowest BCUT2D eigenvalue weighted by Crippen LogP contribution is -2.34. The monoisotopic (exact) mass is 259 g/mol. The summed E-state index contributed by atoms with van der Waals surface area (Å²) < 4.78 is 4.90. The van der Waals surface area contributed by atoms with Crippen LogP contribution in [0.5, 0.6) is 5.75 Å². The van der Waals surface area contributed by atoms with E-state index >= 15 is 0 Å². The van der Waals surface area contributed by atoms with Crippen molar-refractivity contribution in [2.45, 2.75) is 12.2 Å². The third-order valence-corrected chi connectivity index (χ3v) is 2.94. The van der Waals surface area contributed by atoms with Crippen molar-refractivity contribution in [3.63, 3.8) is 0 Å². The van der Waals surface area contributed by atoms with Crippen LogP contribution in [-0.2, 0) is 14.3 Å². The Labute approximate surface area is 107 Å². The number of hydrogen-bond acceptors (Lipinski definition) is 5. The topological polar surface area (TPSA) is 96.0 Å². The molecule has 1 fully saturated rings. The van der Waals surface area contributed by atoms with E-state index < -0.39 is 23.9 Å². The molecule has 1 amide bonds. The van der Waals surface area contributed by atoms with Gasteiger partial charge in [0.1, 0.15) is 5.75 Å². The fourth-order valence-electron chi connectivity index (χ4n) is 1.92. The highest BCUT2D eigenvalue weighted by atomic mass is 16.6. The molecule has 96 valence electrons. The number of aromatic hydroxyl groups is 1. The second-order valence-electron chi connectivity index (χ2n) is 4.31. The molecule has 2 aliphatic rings. The maximum absolute atomic E-state index is 11.9. The zero-order valence-corrected chi connectivity index (χ0v) is 9.62. The van der Waals surface area contributed by atoms with Gasteiger partial charge in [0.25, 0.3) is 5.91 Å². The number of Topliss-reactive ketones (excluding diaryl/α,β-unsaturated/α-hetero) is 1. The maximum Gasteiger partial charge on any atom is 0.255 e. The summed E-state index contributed by atoms with van der Waals surface area (Å²) in [5, 5.41) is 11.6. The van der Waals surface area contributed by atoms with Crippen molar-refractivity contribution in [1.29, 1.82) is 0 Å². The Morgan fingerprint density at radius 1 is 1.26 bits per heavy atom. The standard InChI is InChI=1S/C13H9NO5/c15-7-3-1-2-6(4-7)13(18)14-8-5-9(16)11-12(19-11)10(8)17/h1-5,11-12,15H,(H,14,18)/t11-,12+/m1/s1. The van der Waals surface area contributed by atoms with Crippen LogP contribution in [0.25, 0.3) is 0 Å². The summed E-state index contributed by atoms with van der Waals surface area (Å²) in [5.41, 5.74) is 0.122. The normalized spacial score (nSPS) is 24.5. The summed E-state index contributed by atoms with van der Waals surface area (Å²) in [7, 11) is 0. The van der Waals surface area contributed by atoms with Crippen molar-refractivity contribution in [2.24, 2.45) is 0 Å². The third-order valence-electron chi connectivity index (χ3n) is 2.94. The van der Waals surface area contributed by atoms with Crippen molar-refractivity contribution >= 4 is 17.5 Å². The van der Waals surface area contributed by atoms with Gasteiger partial charge >= 0.3 is 0 Å². The van der Waals surface area contributed by atoms with E-state index in [2.05, 4.69) is 5.32 Å². The fraction of sp³-hybridized carbons (Fsp3) is 0.154.